The van der Waals surface area contributed by atoms with E-state index >= 15 is 0 Å². The van der Waals surface area contributed by atoms with Crippen molar-refractivity contribution in [3.8, 4) is 0 Å². The molecule has 4 heteroatoms. The van der Waals surface area contributed by atoms with Crippen LogP contribution in [0.5, 0.6) is 0 Å². The molecule has 1 heterocycles. The molecule has 0 spiro atoms. The predicted octanol–water partition coefficient (Wildman–Crippen LogP) is 2.12. The van der Waals surface area contributed by atoms with Crippen LogP contribution in [0.4, 0.5) is 4.39 Å². The van der Waals surface area contributed by atoms with Crippen molar-refractivity contribution in [2.75, 3.05) is 33.3 Å². The molecule has 3 nitrogen and oxygen atoms in total. The first-order valence-corrected chi connectivity index (χ1v) is 6.92. The number of nitrogens with one attached hydrogen (secondary N) is 1. The van der Waals surface area contributed by atoms with E-state index in [9.17, 15) is 4.39 Å². The van der Waals surface area contributed by atoms with Gasteiger partial charge in [-0.1, -0.05) is 24.6 Å². The third-order valence-electron chi connectivity index (χ3n) is 3.67. The van der Waals surface area contributed by atoms with E-state index in [-0.39, 0.29) is 18.0 Å². The van der Waals surface area contributed by atoms with Crippen LogP contribution in [-0.4, -0.2) is 44.3 Å². The van der Waals surface area contributed by atoms with Gasteiger partial charge in [-0.2, -0.15) is 0 Å². The van der Waals surface area contributed by atoms with Crippen LogP contribution >= 0.6 is 0 Å². The second-order valence-corrected chi connectivity index (χ2v) is 5.17. The summed E-state index contributed by atoms with van der Waals surface area (Å²) >= 11 is 0. The molecule has 1 aliphatic rings. The number of nitrogens with zero attached hydrogens (tertiary/aromatic N) is 1. The number of likely N-dealkylation sites (N-methyl/N-ethyl adjacent to an activating group) is 2. The zero-order valence-corrected chi connectivity index (χ0v) is 11.9. The van der Waals surface area contributed by atoms with E-state index in [1.54, 1.807) is 6.07 Å². The van der Waals surface area contributed by atoms with Gasteiger partial charge in [-0.25, -0.2) is 4.39 Å². The summed E-state index contributed by atoms with van der Waals surface area (Å²) in [5, 5.41) is 3.30. The second kappa shape index (κ2) is 6.46. The maximum absolute atomic E-state index is 14.1. The van der Waals surface area contributed by atoms with Crippen LogP contribution < -0.4 is 5.32 Å². The van der Waals surface area contributed by atoms with Gasteiger partial charge in [-0.15, -0.1) is 0 Å². The average molecular weight is 266 g/mol. The summed E-state index contributed by atoms with van der Waals surface area (Å²) in [4.78, 5) is 2.18. The molecule has 0 bridgehead atoms. The Hall–Kier alpha value is -0.970. The number of aryl methyl sites for hydroxylation is 1. The lowest BCUT2D eigenvalue weighted by molar-refractivity contribution is -0.0621. The minimum Gasteiger partial charge on any atom is -0.374 e. The Labute approximate surface area is 114 Å². The van der Waals surface area contributed by atoms with Crippen LogP contribution in [-0.2, 0) is 4.74 Å². The zero-order valence-electron chi connectivity index (χ0n) is 11.9. The van der Waals surface area contributed by atoms with Crippen molar-refractivity contribution in [2.24, 2.45) is 0 Å². The molecule has 2 unspecified atom stereocenters. The summed E-state index contributed by atoms with van der Waals surface area (Å²) in [5.41, 5.74) is 1.82. The van der Waals surface area contributed by atoms with Gasteiger partial charge in [0.05, 0.1) is 18.8 Å². The van der Waals surface area contributed by atoms with Gasteiger partial charge in [0.25, 0.3) is 0 Å². The van der Waals surface area contributed by atoms with Gasteiger partial charge in [-0.3, -0.25) is 4.90 Å². The Kier molecular flexibility index (Phi) is 4.91. The molecule has 1 fully saturated rings. The standard InChI is InChI=1S/C15H23FN2O/c1-4-17-10-14-15(18(3)7-8-19-14)12-9-11(2)5-6-13(12)16/h5-6,9,14-15,17H,4,7-8,10H2,1-3H3. The second-order valence-electron chi connectivity index (χ2n) is 5.17. The maximum atomic E-state index is 14.1. The molecule has 1 aromatic rings. The van der Waals surface area contributed by atoms with Crippen LogP contribution in [0, 0.1) is 12.7 Å². The lowest BCUT2D eigenvalue weighted by Gasteiger charge is -2.39. The normalized spacial score (nSPS) is 24.6. The fourth-order valence-electron chi connectivity index (χ4n) is 2.65. The molecular weight excluding hydrogens is 243 g/mol. The van der Waals surface area contributed by atoms with Gasteiger partial charge in [0.2, 0.25) is 0 Å². The number of morpholine rings is 1. The summed E-state index contributed by atoms with van der Waals surface area (Å²) in [7, 11) is 2.04. The van der Waals surface area contributed by atoms with Gasteiger partial charge >= 0.3 is 0 Å². The fraction of sp³-hybridized carbons (Fsp3) is 0.600. The number of rotatable bonds is 4. The van der Waals surface area contributed by atoms with Gasteiger partial charge < -0.3 is 10.1 Å². The number of halogens is 1. The predicted molar refractivity (Wildman–Crippen MR) is 74.8 cm³/mol. The van der Waals surface area contributed by atoms with Crippen molar-refractivity contribution in [3.05, 3.63) is 35.1 Å². The first-order chi connectivity index (χ1) is 9.13. The minimum atomic E-state index is -0.144. The summed E-state index contributed by atoms with van der Waals surface area (Å²) in [6, 6.07) is 5.27. The fourth-order valence-corrected chi connectivity index (χ4v) is 2.65. The number of benzene rings is 1. The molecule has 2 atom stereocenters. The molecular formula is C15H23FN2O. The van der Waals surface area contributed by atoms with E-state index in [1.165, 1.54) is 0 Å². The zero-order chi connectivity index (χ0) is 13.8. The van der Waals surface area contributed by atoms with Crippen LogP contribution in [0.3, 0.4) is 0 Å². The van der Waals surface area contributed by atoms with Crippen molar-refractivity contribution < 1.29 is 9.13 Å². The van der Waals surface area contributed by atoms with E-state index in [0.29, 0.717) is 6.61 Å². The molecule has 106 valence electrons. The van der Waals surface area contributed by atoms with Gasteiger partial charge in [0, 0.05) is 18.7 Å². The van der Waals surface area contributed by atoms with Crippen LogP contribution in [0.1, 0.15) is 24.1 Å². The van der Waals surface area contributed by atoms with Crippen molar-refractivity contribution >= 4 is 0 Å². The highest BCUT2D eigenvalue weighted by Crippen LogP contribution is 2.30. The number of hydrogen-bond donors (Lipinski definition) is 1. The van der Waals surface area contributed by atoms with Gasteiger partial charge in [0.1, 0.15) is 5.82 Å². The lowest BCUT2D eigenvalue weighted by Crippen LogP contribution is -2.47. The summed E-state index contributed by atoms with van der Waals surface area (Å²) < 4.78 is 20.0. The SMILES string of the molecule is CCNCC1OCCN(C)C1c1cc(C)ccc1F. The smallest absolute Gasteiger partial charge is 0.128 e. The Morgan fingerprint density at radius 1 is 1.47 bits per heavy atom. The quantitative estimate of drug-likeness (QED) is 0.903. The molecule has 2 rings (SSSR count). The Morgan fingerprint density at radius 3 is 3.00 bits per heavy atom. The highest BCUT2D eigenvalue weighted by Gasteiger charge is 2.32. The Morgan fingerprint density at radius 2 is 2.26 bits per heavy atom. The van der Waals surface area contributed by atoms with Crippen LogP contribution in [0.2, 0.25) is 0 Å². The maximum Gasteiger partial charge on any atom is 0.128 e. The van der Waals surface area contributed by atoms with E-state index in [2.05, 4.69) is 17.1 Å². The molecule has 0 radical (unpaired) electrons. The van der Waals surface area contributed by atoms with Crippen LogP contribution in [0.15, 0.2) is 18.2 Å². The molecule has 19 heavy (non-hydrogen) atoms. The van der Waals surface area contributed by atoms with E-state index in [1.807, 2.05) is 26.1 Å². The molecule has 1 aromatic carbocycles. The number of hydrogen-bond acceptors (Lipinski definition) is 3. The first kappa shape index (κ1) is 14.4. The molecule has 0 saturated carbocycles. The molecule has 1 aliphatic heterocycles. The Bertz CT molecular complexity index is 425. The molecule has 1 saturated heterocycles. The third-order valence-corrected chi connectivity index (χ3v) is 3.67. The highest BCUT2D eigenvalue weighted by atomic mass is 19.1. The first-order valence-electron chi connectivity index (χ1n) is 6.92. The topological polar surface area (TPSA) is 24.5 Å². The summed E-state index contributed by atoms with van der Waals surface area (Å²) in [5.74, 6) is -0.144. The average Bonchev–Trinajstić information content (AvgIpc) is 2.39. The van der Waals surface area contributed by atoms with Crippen molar-refractivity contribution in [2.45, 2.75) is 26.0 Å². The molecule has 0 aromatic heterocycles. The van der Waals surface area contributed by atoms with Crippen molar-refractivity contribution in [3.63, 3.8) is 0 Å². The third kappa shape index (κ3) is 3.32. The summed E-state index contributed by atoms with van der Waals surface area (Å²) in [6.45, 7) is 7.24. The molecule has 0 aliphatic carbocycles. The number of ether oxygens (including phenoxy) is 1. The Balaban J connectivity index is 2.27. The van der Waals surface area contributed by atoms with E-state index in [4.69, 9.17) is 4.74 Å². The monoisotopic (exact) mass is 266 g/mol. The van der Waals surface area contributed by atoms with E-state index in [0.717, 1.165) is 30.8 Å². The van der Waals surface area contributed by atoms with Gasteiger partial charge in [-0.05, 0) is 26.6 Å². The molecule has 0 amide bonds. The van der Waals surface area contributed by atoms with Gasteiger partial charge in [0.15, 0.2) is 0 Å². The summed E-state index contributed by atoms with van der Waals surface area (Å²) in [6.07, 6.45) is -0.00463. The molecule has 1 N–H and O–H groups in total. The highest BCUT2D eigenvalue weighted by molar-refractivity contribution is 5.28. The van der Waals surface area contributed by atoms with Crippen LogP contribution in [0.25, 0.3) is 0 Å². The lowest BCUT2D eigenvalue weighted by atomic mass is 9.96. The van der Waals surface area contributed by atoms with E-state index < -0.39 is 0 Å². The van der Waals surface area contributed by atoms with Crippen molar-refractivity contribution in [1.29, 1.82) is 0 Å². The van der Waals surface area contributed by atoms with Crippen molar-refractivity contribution in [1.82, 2.24) is 10.2 Å². The minimum absolute atomic E-state index is 0.00463. The largest absolute Gasteiger partial charge is 0.374 e.